The third-order valence-corrected chi connectivity index (χ3v) is 3.13. The Labute approximate surface area is 115 Å². The number of rotatable bonds is 2. The molecule has 2 aromatic carbocycles. The van der Waals surface area contributed by atoms with Crippen LogP contribution in [0, 0.1) is 6.92 Å². The van der Waals surface area contributed by atoms with E-state index in [2.05, 4.69) is 72.3 Å². The molecule has 1 heteroatoms. The fourth-order valence-electron chi connectivity index (χ4n) is 2.21. The van der Waals surface area contributed by atoms with Crippen LogP contribution in [0.15, 0.2) is 60.8 Å². The van der Waals surface area contributed by atoms with Crippen LogP contribution < -0.4 is 0 Å². The Hall–Kier alpha value is -2.02. The molecule has 98 valence electrons. The maximum absolute atomic E-state index is 2.30. The summed E-state index contributed by atoms with van der Waals surface area (Å²) in [5.74, 6) is 0. The molecule has 0 aliphatic carbocycles. The summed E-state index contributed by atoms with van der Waals surface area (Å²) in [6, 6.07) is 19.3. The predicted molar refractivity (Wildman–Crippen MR) is 83.6 cm³/mol. The molecule has 0 aliphatic rings. The molecule has 1 nitrogen and oxygen atoms in total. The van der Waals surface area contributed by atoms with Crippen molar-refractivity contribution in [3.8, 4) is 0 Å². The van der Waals surface area contributed by atoms with E-state index in [9.17, 15) is 0 Å². The van der Waals surface area contributed by atoms with Crippen molar-refractivity contribution in [2.75, 3.05) is 0 Å². The van der Waals surface area contributed by atoms with Crippen LogP contribution in [0.25, 0.3) is 10.9 Å². The van der Waals surface area contributed by atoms with Gasteiger partial charge in [-0.15, -0.1) is 0 Å². The molecular weight excluding hydrogens is 230 g/mol. The van der Waals surface area contributed by atoms with Gasteiger partial charge >= 0.3 is 0 Å². The van der Waals surface area contributed by atoms with E-state index in [0.29, 0.717) is 0 Å². The molecule has 1 heterocycles. The molecule has 0 radical (unpaired) electrons. The Morgan fingerprint density at radius 2 is 1.63 bits per heavy atom. The summed E-state index contributed by atoms with van der Waals surface area (Å²) in [6.07, 6.45) is 2.16. The van der Waals surface area contributed by atoms with Gasteiger partial charge in [-0.2, -0.15) is 0 Å². The van der Waals surface area contributed by atoms with Crippen molar-refractivity contribution < 1.29 is 0 Å². The fourth-order valence-corrected chi connectivity index (χ4v) is 2.21. The van der Waals surface area contributed by atoms with E-state index >= 15 is 0 Å². The molecule has 0 atom stereocenters. The molecule has 3 rings (SSSR count). The summed E-state index contributed by atoms with van der Waals surface area (Å²) >= 11 is 0. The van der Waals surface area contributed by atoms with E-state index in [1.54, 1.807) is 0 Å². The van der Waals surface area contributed by atoms with Gasteiger partial charge in [0, 0.05) is 18.3 Å². The molecule has 0 unspecified atom stereocenters. The molecule has 0 fully saturated rings. The molecule has 0 saturated carbocycles. The Bertz CT molecular complexity index is 635. The lowest BCUT2D eigenvalue weighted by molar-refractivity contribution is 0.836. The maximum Gasteiger partial charge on any atom is 0.0486 e. The first kappa shape index (κ1) is 13.4. The van der Waals surface area contributed by atoms with Gasteiger partial charge in [0.15, 0.2) is 0 Å². The monoisotopic (exact) mass is 251 g/mol. The smallest absolute Gasteiger partial charge is 0.0486 e. The first-order valence-electron chi connectivity index (χ1n) is 6.92. The molecule has 0 amide bonds. The Balaban J connectivity index is 0.000000637. The first-order chi connectivity index (χ1) is 9.33. The van der Waals surface area contributed by atoms with E-state index < -0.39 is 0 Å². The number of nitrogens with zero attached hydrogens (tertiary/aromatic N) is 1. The van der Waals surface area contributed by atoms with Crippen molar-refractivity contribution in [2.45, 2.75) is 27.3 Å². The number of hydrogen-bond donors (Lipinski definition) is 0. The predicted octanol–water partition coefficient (Wildman–Crippen LogP) is 5.02. The van der Waals surface area contributed by atoms with Gasteiger partial charge in [0.05, 0.1) is 0 Å². The van der Waals surface area contributed by atoms with Crippen LogP contribution in [0.2, 0.25) is 0 Å². The summed E-state index contributed by atoms with van der Waals surface area (Å²) in [5, 5.41) is 1.31. The fraction of sp³-hybridized carbons (Fsp3) is 0.222. The van der Waals surface area contributed by atoms with Crippen molar-refractivity contribution in [3.05, 3.63) is 71.9 Å². The standard InChI is InChI=1S/C16H15N.C2H6/c1-13-7-8-15-9-10-17(16(15)11-13)12-14-5-3-2-4-6-14;1-2/h2-11H,12H2,1H3;1-2H3. The van der Waals surface area contributed by atoms with Crippen molar-refractivity contribution in [3.63, 3.8) is 0 Å². The van der Waals surface area contributed by atoms with Crippen LogP contribution in [0.5, 0.6) is 0 Å². The van der Waals surface area contributed by atoms with Crippen molar-refractivity contribution in [1.29, 1.82) is 0 Å². The van der Waals surface area contributed by atoms with E-state index in [0.717, 1.165) is 6.54 Å². The molecule has 0 N–H and O–H groups in total. The van der Waals surface area contributed by atoms with Crippen LogP contribution in [0.4, 0.5) is 0 Å². The number of benzene rings is 2. The molecule has 0 saturated heterocycles. The third-order valence-electron chi connectivity index (χ3n) is 3.13. The SMILES string of the molecule is CC.Cc1ccc2ccn(Cc3ccccc3)c2c1. The Morgan fingerprint density at radius 3 is 2.37 bits per heavy atom. The van der Waals surface area contributed by atoms with Crippen LogP contribution >= 0.6 is 0 Å². The zero-order chi connectivity index (χ0) is 13.7. The van der Waals surface area contributed by atoms with Gasteiger partial charge in [-0.3, -0.25) is 0 Å². The average molecular weight is 251 g/mol. The highest BCUT2D eigenvalue weighted by molar-refractivity contribution is 5.80. The van der Waals surface area contributed by atoms with Crippen LogP contribution in [0.3, 0.4) is 0 Å². The maximum atomic E-state index is 2.30. The quantitative estimate of drug-likeness (QED) is 0.602. The third kappa shape index (κ3) is 3.05. The zero-order valence-corrected chi connectivity index (χ0v) is 11.9. The lowest BCUT2D eigenvalue weighted by atomic mass is 10.2. The number of aromatic nitrogens is 1. The van der Waals surface area contributed by atoms with Crippen LogP contribution in [0.1, 0.15) is 25.0 Å². The largest absolute Gasteiger partial charge is 0.343 e. The van der Waals surface area contributed by atoms with Gasteiger partial charge in [0.1, 0.15) is 0 Å². The van der Waals surface area contributed by atoms with Crippen LogP contribution in [-0.4, -0.2) is 4.57 Å². The normalized spacial score (nSPS) is 10.1. The highest BCUT2D eigenvalue weighted by atomic mass is 14.9. The number of aryl methyl sites for hydroxylation is 1. The van der Waals surface area contributed by atoms with Gasteiger partial charge in [-0.05, 0) is 35.6 Å². The second-order valence-corrected chi connectivity index (χ2v) is 4.49. The minimum absolute atomic E-state index is 0.938. The summed E-state index contributed by atoms with van der Waals surface area (Å²) < 4.78 is 2.30. The van der Waals surface area contributed by atoms with Crippen LogP contribution in [-0.2, 0) is 6.54 Å². The number of fused-ring (bicyclic) bond motifs is 1. The summed E-state index contributed by atoms with van der Waals surface area (Å²) in [7, 11) is 0. The topological polar surface area (TPSA) is 4.93 Å². The van der Waals surface area contributed by atoms with E-state index in [4.69, 9.17) is 0 Å². The van der Waals surface area contributed by atoms with Gasteiger partial charge in [-0.25, -0.2) is 0 Å². The number of hydrogen-bond acceptors (Lipinski definition) is 0. The molecule has 0 spiro atoms. The van der Waals surface area contributed by atoms with Crippen molar-refractivity contribution in [2.24, 2.45) is 0 Å². The lowest BCUT2D eigenvalue weighted by Gasteiger charge is -2.06. The first-order valence-corrected chi connectivity index (χ1v) is 6.92. The van der Waals surface area contributed by atoms with Crippen molar-refractivity contribution >= 4 is 10.9 Å². The highest BCUT2D eigenvalue weighted by Crippen LogP contribution is 2.18. The summed E-state index contributed by atoms with van der Waals surface area (Å²) in [6.45, 7) is 7.08. The van der Waals surface area contributed by atoms with Gasteiger partial charge in [0.2, 0.25) is 0 Å². The summed E-state index contributed by atoms with van der Waals surface area (Å²) in [5.41, 5.74) is 3.96. The molecule has 1 aromatic heterocycles. The molecule has 3 aromatic rings. The molecule has 0 bridgehead atoms. The minimum atomic E-state index is 0.938. The minimum Gasteiger partial charge on any atom is -0.343 e. The highest BCUT2D eigenvalue weighted by Gasteiger charge is 2.01. The molecule has 19 heavy (non-hydrogen) atoms. The van der Waals surface area contributed by atoms with Crippen molar-refractivity contribution in [1.82, 2.24) is 4.57 Å². The lowest BCUT2D eigenvalue weighted by Crippen LogP contribution is -1.97. The van der Waals surface area contributed by atoms with Gasteiger partial charge in [0.25, 0.3) is 0 Å². The van der Waals surface area contributed by atoms with Gasteiger partial charge in [-0.1, -0.05) is 56.3 Å². The van der Waals surface area contributed by atoms with Gasteiger partial charge < -0.3 is 4.57 Å². The molecule has 0 aliphatic heterocycles. The van der Waals surface area contributed by atoms with E-state index in [-0.39, 0.29) is 0 Å². The van der Waals surface area contributed by atoms with E-state index in [1.807, 2.05) is 13.8 Å². The average Bonchev–Trinajstić information content (AvgIpc) is 2.85. The molecular formula is C18H21N. The Morgan fingerprint density at radius 1 is 0.895 bits per heavy atom. The second-order valence-electron chi connectivity index (χ2n) is 4.49. The zero-order valence-electron chi connectivity index (χ0n) is 11.9. The Kier molecular flexibility index (Phi) is 4.40. The second kappa shape index (κ2) is 6.24. The van der Waals surface area contributed by atoms with E-state index in [1.165, 1.54) is 22.0 Å². The summed E-state index contributed by atoms with van der Waals surface area (Å²) in [4.78, 5) is 0.